The molecule has 0 aromatic carbocycles. The minimum absolute atomic E-state index is 0.0162. The number of hydrogen-bond acceptors (Lipinski definition) is 4. The largest absolute Gasteiger partial charge is 0.475 e. The molecule has 1 heterocycles. The minimum Gasteiger partial charge on any atom is -0.475 e. The van der Waals surface area contributed by atoms with Gasteiger partial charge in [-0.2, -0.15) is 9.37 Å². The van der Waals surface area contributed by atoms with E-state index in [1.54, 1.807) is 0 Å². The molecule has 0 amide bonds. The van der Waals surface area contributed by atoms with Gasteiger partial charge in [0.25, 0.3) is 5.88 Å². The molecule has 66 valence electrons. The minimum atomic E-state index is -0.586. The highest BCUT2D eigenvalue weighted by Gasteiger charge is 2.05. The zero-order valence-corrected chi connectivity index (χ0v) is 6.75. The van der Waals surface area contributed by atoms with Crippen LogP contribution in [0.3, 0.4) is 0 Å². The normalized spacial score (nSPS) is 9.83. The van der Waals surface area contributed by atoms with Gasteiger partial charge in [-0.1, -0.05) is 6.92 Å². The molecular formula is C7H10FN3O. The first-order valence-corrected chi connectivity index (χ1v) is 3.65. The highest BCUT2D eigenvalue weighted by atomic mass is 19.1. The average Bonchev–Trinajstić information content (AvgIpc) is 2.07. The maximum atomic E-state index is 12.8. The number of nitrogens with two attached hydrogens (primary N) is 1. The summed E-state index contributed by atoms with van der Waals surface area (Å²) < 4.78 is 17.7. The second-order valence-electron chi connectivity index (χ2n) is 2.23. The van der Waals surface area contributed by atoms with Crippen LogP contribution in [0.2, 0.25) is 0 Å². The van der Waals surface area contributed by atoms with Gasteiger partial charge in [-0.25, -0.2) is 4.98 Å². The van der Waals surface area contributed by atoms with Crippen LogP contribution in [0.4, 0.5) is 10.3 Å². The fourth-order valence-corrected chi connectivity index (χ4v) is 0.664. The molecule has 1 aromatic rings. The van der Waals surface area contributed by atoms with Crippen LogP contribution in [0.5, 0.6) is 5.88 Å². The number of nitrogens with zero attached hydrogens (tertiary/aromatic N) is 2. The van der Waals surface area contributed by atoms with Crippen LogP contribution in [0.1, 0.15) is 13.3 Å². The van der Waals surface area contributed by atoms with E-state index in [4.69, 9.17) is 10.5 Å². The third kappa shape index (κ3) is 2.05. The van der Waals surface area contributed by atoms with Gasteiger partial charge in [0.05, 0.1) is 12.8 Å². The molecule has 0 radical (unpaired) electrons. The molecule has 2 N–H and O–H groups in total. The molecule has 0 aliphatic rings. The molecule has 0 saturated carbocycles. The van der Waals surface area contributed by atoms with Crippen molar-refractivity contribution < 1.29 is 9.13 Å². The van der Waals surface area contributed by atoms with Crippen LogP contribution < -0.4 is 10.5 Å². The standard InChI is InChI=1S/C7H10FN3O/c1-2-3-12-6-5(8)4-10-7(9)11-6/h4H,2-3H2,1H3,(H2,9,10,11). The predicted molar refractivity (Wildman–Crippen MR) is 42.2 cm³/mol. The Labute approximate surface area is 69.6 Å². The van der Waals surface area contributed by atoms with Gasteiger partial charge in [-0.05, 0) is 6.42 Å². The lowest BCUT2D eigenvalue weighted by atomic mass is 10.5. The maximum Gasteiger partial charge on any atom is 0.255 e. The van der Waals surface area contributed by atoms with E-state index >= 15 is 0 Å². The summed E-state index contributed by atoms with van der Waals surface area (Å²) in [6.45, 7) is 2.34. The van der Waals surface area contributed by atoms with Gasteiger partial charge < -0.3 is 10.5 Å². The smallest absolute Gasteiger partial charge is 0.255 e. The van der Waals surface area contributed by atoms with Gasteiger partial charge in [0.1, 0.15) is 0 Å². The summed E-state index contributed by atoms with van der Waals surface area (Å²) >= 11 is 0. The van der Waals surface area contributed by atoms with Gasteiger partial charge in [-0.15, -0.1) is 0 Å². The summed E-state index contributed by atoms with van der Waals surface area (Å²) in [5.74, 6) is -0.649. The van der Waals surface area contributed by atoms with Crippen LogP contribution in [-0.4, -0.2) is 16.6 Å². The van der Waals surface area contributed by atoms with E-state index in [1.807, 2.05) is 6.92 Å². The van der Waals surface area contributed by atoms with Crippen molar-refractivity contribution in [2.24, 2.45) is 0 Å². The average molecular weight is 171 g/mol. The molecule has 4 nitrogen and oxygen atoms in total. The fraction of sp³-hybridized carbons (Fsp3) is 0.429. The van der Waals surface area contributed by atoms with E-state index in [0.29, 0.717) is 6.61 Å². The molecule has 0 atom stereocenters. The first-order chi connectivity index (χ1) is 5.74. The lowest BCUT2D eigenvalue weighted by Gasteiger charge is -2.03. The number of anilines is 1. The molecule has 0 aliphatic carbocycles. The molecule has 0 unspecified atom stereocenters. The van der Waals surface area contributed by atoms with Crippen LogP contribution in [0, 0.1) is 5.82 Å². The van der Waals surface area contributed by atoms with E-state index in [9.17, 15) is 4.39 Å². The Bertz CT molecular complexity index is 267. The van der Waals surface area contributed by atoms with Crippen LogP contribution >= 0.6 is 0 Å². The fourth-order valence-electron chi connectivity index (χ4n) is 0.664. The van der Waals surface area contributed by atoms with E-state index in [-0.39, 0.29) is 11.8 Å². The Hall–Kier alpha value is -1.39. The lowest BCUT2D eigenvalue weighted by Crippen LogP contribution is -2.03. The van der Waals surface area contributed by atoms with Crippen molar-refractivity contribution in [2.75, 3.05) is 12.3 Å². The summed E-state index contributed by atoms with van der Waals surface area (Å²) in [4.78, 5) is 7.04. The number of halogens is 1. The second-order valence-corrected chi connectivity index (χ2v) is 2.23. The molecule has 0 saturated heterocycles. The zero-order chi connectivity index (χ0) is 8.97. The van der Waals surface area contributed by atoms with Crippen molar-refractivity contribution in [1.82, 2.24) is 9.97 Å². The monoisotopic (exact) mass is 171 g/mol. The Kier molecular flexibility index (Phi) is 2.79. The summed E-state index contributed by atoms with van der Waals surface area (Å²) in [7, 11) is 0. The number of nitrogen functional groups attached to an aromatic ring is 1. The van der Waals surface area contributed by atoms with E-state index in [1.165, 1.54) is 0 Å². The van der Waals surface area contributed by atoms with Gasteiger partial charge in [0, 0.05) is 0 Å². The predicted octanol–water partition coefficient (Wildman–Crippen LogP) is 0.987. The number of hydrogen-bond donors (Lipinski definition) is 1. The quantitative estimate of drug-likeness (QED) is 0.736. The first-order valence-electron chi connectivity index (χ1n) is 3.65. The van der Waals surface area contributed by atoms with Crippen molar-refractivity contribution in [3.8, 4) is 5.88 Å². The molecule has 1 rings (SSSR count). The topological polar surface area (TPSA) is 61.0 Å². The molecule has 1 aromatic heterocycles. The van der Waals surface area contributed by atoms with Gasteiger partial charge in [-0.3, -0.25) is 0 Å². The van der Waals surface area contributed by atoms with Gasteiger partial charge >= 0.3 is 0 Å². The molecule has 0 fully saturated rings. The Morgan fingerprint density at radius 3 is 3.08 bits per heavy atom. The number of aromatic nitrogens is 2. The molecule has 0 spiro atoms. The van der Waals surface area contributed by atoms with Crippen molar-refractivity contribution in [3.63, 3.8) is 0 Å². The second kappa shape index (κ2) is 3.85. The molecule has 12 heavy (non-hydrogen) atoms. The van der Waals surface area contributed by atoms with Crippen molar-refractivity contribution in [3.05, 3.63) is 12.0 Å². The van der Waals surface area contributed by atoms with E-state index in [0.717, 1.165) is 12.6 Å². The first kappa shape index (κ1) is 8.70. The number of ether oxygens (including phenoxy) is 1. The van der Waals surface area contributed by atoms with Gasteiger partial charge in [0.15, 0.2) is 0 Å². The Morgan fingerprint density at radius 1 is 1.67 bits per heavy atom. The molecule has 5 heteroatoms. The molecule has 0 bridgehead atoms. The molecular weight excluding hydrogens is 161 g/mol. The highest BCUT2D eigenvalue weighted by molar-refractivity contribution is 5.22. The summed E-state index contributed by atoms with van der Waals surface area (Å²) in [5.41, 5.74) is 5.23. The van der Waals surface area contributed by atoms with E-state index < -0.39 is 5.82 Å². The molecule has 0 aliphatic heterocycles. The van der Waals surface area contributed by atoms with Crippen LogP contribution in [-0.2, 0) is 0 Å². The van der Waals surface area contributed by atoms with Crippen molar-refractivity contribution in [1.29, 1.82) is 0 Å². The summed E-state index contributed by atoms with van der Waals surface area (Å²) in [5, 5.41) is 0. The number of rotatable bonds is 3. The van der Waals surface area contributed by atoms with E-state index in [2.05, 4.69) is 9.97 Å². The lowest BCUT2D eigenvalue weighted by molar-refractivity contribution is 0.288. The SMILES string of the molecule is CCCOc1nc(N)ncc1F. The Balaban J connectivity index is 2.75. The van der Waals surface area contributed by atoms with Crippen LogP contribution in [0.15, 0.2) is 6.20 Å². The zero-order valence-electron chi connectivity index (χ0n) is 6.75. The summed E-state index contributed by atoms with van der Waals surface area (Å²) in [6, 6.07) is 0. The van der Waals surface area contributed by atoms with Crippen molar-refractivity contribution >= 4 is 5.95 Å². The summed E-state index contributed by atoms with van der Waals surface area (Å²) in [6.07, 6.45) is 1.79. The Morgan fingerprint density at radius 2 is 2.42 bits per heavy atom. The van der Waals surface area contributed by atoms with Crippen molar-refractivity contribution in [2.45, 2.75) is 13.3 Å². The van der Waals surface area contributed by atoms with Crippen LogP contribution in [0.25, 0.3) is 0 Å². The van der Waals surface area contributed by atoms with Gasteiger partial charge in [0.2, 0.25) is 11.8 Å². The third-order valence-corrected chi connectivity index (χ3v) is 1.17. The maximum absolute atomic E-state index is 12.8. The highest BCUT2D eigenvalue weighted by Crippen LogP contribution is 2.12. The third-order valence-electron chi connectivity index (χ3n) is 1.17.